The molecule has 0 bridgehead atoms. The molecular formula is C110H83BN6. The van der Waals surface area contributed by atoms with Crippen molar-refractivity contribution in [2.75, 3.05) is 14.7 Å². The summed E-state index contributed by atoms with van der Waals surface area (Å²) in [6.07, 6.45) is 0. The van der Waals surface area contributed by atoms with E-state index in [1.807, 2.05) is 18.2 Å². The maximum atomic E-state index is 9.94. The van der Waals surface area contributed by atoms with Gasteiger partial charge in [-0.05, 0) is 241 Å². The number of fused-ring (bicyclic) bond motifs is 13. The van der Waals surface area contributed by atoms with Crippen LogP contribution in [-0.2, 0) is 10.8 Å². The van der Waals surface area contributed by atoms with Crippen LogP contribution in [0, 0.1) is 0 Å². The fraction of sp³-hybridized carbons (Fsp3) is 0.0727. The number of hydrogen-bond acceptors (Lipinski definition) is 3. The normalized spacial score (nSPS) is 13.6. The molecule has 556 valence electrons. The van der Waals surface area contributed by atoms with Gasteiger partial charge in [-0.25, -0.2) is 0 Å². The third-order valence-corrected chi connectivity index (χ3v) is 24.1. The maximum Gasteiger partial charge on any atom is 0.252 e. The lowest BCUT2D eigenvalue weighted by Crippen LogP contribution is -2.61. The molecular weight excluding hydrogens is 1420 g/mol. The SMILES string of the molecule is [2H]c1c([2H])c([2H])c2c(c1[2H])c1c([2H])c([2H])c([2H])c([2H])c1n2-c1ccc2c(c1)N(c1cc(-c3ccccc3)cc(-c3ccccc3)c1)c1cc(-n3c4ccc(C(C)(C)C)cc4c4cc(C(C)(C)C)ccc43)cc3c1B2c1ccc(N(c2ccccc2)c2ccc(-n4c5ccccc5c5ccccc54)cc2)cc1N3c1cc(-c2ccccc2)cc(-c2ccccc2)c1. The first-order valence-electron chi connectivity index (χ1n) is 44.2. The first-order valence-corrected chi connectivity index (χ1v) is 40.2. The highest BCUT2D eigenvalue weighted by Crippen LogP contribution is 2.52. The van der Waals surface area contributed by atoms with E-state index < -0.39 is 43.0 Å². The first kappa shape index (κ1) is 61.2. The molecule has 0 atom stereocenters. The van der Waals surface area contributed by atoms with Gasteiger partial charge in [0.2, 0.25) is 0 Å². The fourth-order valence-corrected chi connectivity index (χ4v) is 18.5. The molecule has 22 rings (SSSR count). The lowest BCUT2D eigenvalue weighted by Gasteiger charge is -2.45. The van der Waals surface area contributed by atoms with Crippen molar-refractivity contribution in [2.24, 2.45) is 0 Å². The molecule has 117 heavy (non-hydrogen) atoms. The van der Waals surface area contributed by atoms with Crippen molar-refractivity contribution in [2.45, 2.75) is 52.4 Å². The highest BCUT2D eigenvalue weighted by atomic mass is 15.2. The summed E-state index contributed by atoms with van der Waals surface area (Å²) in [5.74, 6) is 0. The van der Waals surface area contributed by atoms with Gasteiger partial charge < -0.3 is 28.4 Å². The molecule has 6 nitrogen and oxygen atoms in total. The molecule has 0 spiro atoms. The minimum atomic E-state index is -0.559. The van der Waals surface area contributed by atoms with E-state index in [-0.39, 0.29) is 44.7 Å². The van der Waals surface area contributed by atoms with E-state index >= 15 is 0 Å². The number of rotatable bonds is 12. The summed E-state index contributed by atoms with van der Waals surface area (Å²) in [5, 5.41) is 4.62. The third-order valence-electron chi connectivity index (χ3n) is 24.1. The van der Waals surface area contributed by atoms with E-state index in [0.29, 0.717) is 5.69 Å². The van der Waals surface area contributed by atoms with Crippen LogP contribution >= 0.6 is 0 Å². The molecule has 0 unspecified atom stereocenters. The molecule has 7 heteroatoms. The summed E-state index contributed by atoms with van der Waals surface area (Å²) >= 11 is 0. The lowest BCUT2D eigenvalue weighted by molar-refractivity contribution is 0.590. The summed E-state index contributed by atoms with van der Waals surface area (Å²) in [5.41, 5.74) is 27.7. The molecule has 0 saturated carbocycles. The Hall–Kier alpha value is -14.4. The van der Waals surface area contributed by atoms with Gasteiger partial charge in [0.05, 0.1) is 49.8 Å². The van der Waals surface area contributed by atoms with Crippen LogP contribution in [0.15, 0.2) is 394 Å². The number of aromatic nitrogens is 3. The minimum Gasteiger partial charge on any atom is -0.311 e. The summed E-state index contributed by atoms with van der Waals surface area (Å²) in [4.78, 5) is 7.28. The van der Waals surface area contributed by atoms with E-state index in [1.54, 1.807) is 4.57 Å². The number of nitrogens with zero attached hydrogens (tertiary/aromatic N) is 6. The number of hydrogen-bond donors (Lipinski definition) is 0. The van der Waals surface area contributed by atoms with Crippen LogP contribution in [0.25, 0.3) is 127 Å². The molecule has 0 N–H and O–H groups in total. The summed E-state index contributed by atoms with van der Waals surface area (Å²) in [6, 6.07) is 121. The molecule has 2 aliphatic rings. The summed E-state index contributed by atoms with van der Waals surface area (Å²) < 4.78 is 82.8. The number of anilines is 9. The quantitative estimate of drug-likeness (QED) is 0.114. The average Bonchev–Trinajstić information content (AvgIpc) is 1.60. The van der Waals surface area contributed by atoms with E-state index in [2.05, 4.69) is 393 Å². The Balaban J connectivity index is 0.897. The predicted molar refractivity (Wildman–Crippen MR) is 497 cm³/mol. The predicted octanol–water partition coefficient (Wildman–Crippen LogP) is 27.8. The van der Waals surface area contributed by atoms with E-state index in [1.165, 1.54) is 21.9 Å². The smallest absolute Gasteiger partial charge is 0.252 e. The van der Waals surface area contributed by atoms with E-state index in [9.17, 15) is 8.22 Å². The Morgan fingerprint density at radius 3 is 1.07 bits per heavy atom. The summed E-state index contributed by atoms with van der Waals surface area (Å²) in [6.45, 7) is 13.1. The van der Waals surface area contributed by atoms with E-state index in [0.717, 1.165) is 156 Å². The molecule has 20 aromatic rings. The van der Waals surface area contributed by atoms with Gasteiger partial charge in [0, 0.05) is 94.9 Å². The zero-order valence-electron chi connectivity index (χ0n) is 73.7. The molecule has 0 radical (unpaired) electrons. The first-order chi connectivity index (χ1) is 60.6. The lowest BCUT2D eigenvalue weighted by atomic mass is 9.33. The van der Waals surface area contributed by atoms with Crippen LogP contribution in [-0.4, -0.2) is 20.4 Å². The van der Waals surface area contributed by atoms with Gasteiger partial charge in [-0.2, -0.15) is 0 Å². The number of para-hydroxylation sites is 5. The van der Waals surface area contributed by atoms with Crippen LogP contribution in [0.5, 0.6) is 0 Å². The molecule has 5 heterocycles. The van der Waals surface area contributed by atoms with E-state index in [4.69, 9.17) is 2.74 Å². The molecule has 0 amide bonds. The Morgan fingerprint density at radius 1 is 0.248 bits per heavy atom. The summed E-state index contributed by atoms with van der Waals surface area (Å²) in [7, 11) is 0. The van der Waals surface area contributed by atoms with Crippen LogP contribution in [0.3, 0.4) is 0 Å². The van der Waals surface area contributed by atoms with Crippen LogP contribution in [0.1, 0.15) is 63.6 Å². The molecule has 0 aliphatic carbocycles. The average molecular weight is 1510 g/mol. The molecule has 0 fully saturated rings. The molecule has 2 aliphatic heterocycles. The van der Waals surface area contributed by atoms with Gasteiger partial charge in [-0.1, -0.05) is 278 Å². The van der Waals surface area contributed by atoms with Crippen LogP contribution in [0.2, 0.25) is 0 Å². The van der Waals surface area contributed by atoms with Gasteiger partial charge in [0.25, 0.3) is 6.71 Å². The Labute approximate surface area is 694 Å². The van der Waals surface area contributed by atoms with Gasteiger partial charge in [-0.3, -0.25) is 0 Å². The van der Waals surface area contributed by atoms with Gasteiger partial charge in [0.1, 0.15) is 0 Å². The Kier molecular flexibility index (Phi) is 14.2. The molecule has 17 aromatic carbocycles. The second-order valence-electron chi connectivity index (χ2n) is 33.1. The molecule has 0 saturated heterocycles. The highest BCUT2D eigenvalue weighted by molar-refractivity contribution is 7.00. The largest absolute Gasteiger partial charge is 0.311 e. The Morgan fingerprint density at radius 2 is 0.607 bits per heavy atom. The van der Waals surface area contributed by atoms with Crippen molar-refractivity contribution in [3.63, 3.8) is 0 Å². The highest BCUT2D eigenvalue weighted by Gasteiger charge is 2.45. The van der Waals surface area contributed by atoms with Crippen molar-refractivity contribution in [1.82, 2.24) is 13.7 Å². The zero-order chi connectivity index (χ0) is 85.3. The van der Waals surface area contributed by atoms with Gasteiger partial charge in [0.15, 0.2) is 0 Å². The second kappa shape index (κ2) is 27.2. The monoisotopic (exact) mass is 1510 g/mol. The van der Waals surface area contributed by atoms with Crippen molar-refractivity contribution in [3.05, 3.63) is 405 Å². The Bertz CT molecular complexity index is 7530. The minimum absolute atomic E-state index is 0.00169. The topological polar surface area (TPSA) is 24.5 Å². The zero-order valence-corrected chi connectivity index (χ0v) is 65.7. The van der Waals surface area contributed by atoms with Crippen molar-refractivity contribution < 1.29 is 11.0 Å². The number of benzene rings is 17. The standard InChI is InChI=1S/C110H83BN6/c1-109(2,3)80-48-58-102-94(66-80)95-67-81(110(4,5)6)49-59-103(95)115(102)89-70-106-108-107(71-89)117(88-64-78(74-34-16-9-17-35-74)61-79(65-88)75-36-18-10-19-37-75)105-69-86(114-100-46-28-24-42-92(100)93-43-25-29-47-101(93)114)55-57-97(105)111(108)96-56-54-85(68-104(96)116(106)87-62-76(72-30-12-7-13-31-72)60-77(63-87)73-32-14-8-15-33-73)112(82-38-20-11-21-39-82)83-50-52-84(53-51-83)113-98-44-26-22-40-90(98)91-41-23-27-45-99(91)113/h7-71H,1-6H3/i24D,25D,28D,29D,42D,43D,46D,47D. The molecule has 3 aromatic heterocycles. The van der Waals surface area contributed by atoms with Crippen molar-refractivity contribution >= 4 is 140 Å². The van der Waals surface area contributed by atoms with Crippen molar-refractivity contribution in [3.8, 4) is 61.6 Å². The maximum absolute atomic E-state index is 9.94. The van der Waals surface area contributed by atoms with Crippen LogP contribution < -0.4 is 31.1 Å². The fourth-order valence-electron chi connectivity index (χ4n) is 18.5. The second-order valence-corrected chi connectivity index (χ2v) is 33.1. The van der Waals surface area contributed by atoms with Crippen LogP contribution in [0.4, 0.5) is 51.2 Å². The van der Waals surface area contributed by atoms with Crippen molar-refractivity contribution in [1.29, 1.82) is 0 Å². The van der Waals surface area contributed by atoms with Gasteiger partial charge >= 0.3 is 0 Å². The third kappa shape index (κ3) is 11.5. The van der Waals surface area contributed by atoms with Gasteiger partial charge in [-0.15, -0.1) is 0 Å².